The molecule has 2 aromatic rings. The number of ketones is 1. The van der Waals surface area contributed by atoms with Gasteiger partial charge in [-0.2, -0.15) is 0 Å². The fourth-order valence-corrected chi connectivity index (χ4v) is 6.54. The standard InChI is InChI=1S/C30H39N3O4/c1-18-19(2)28-26(17-25(18)34)37-27(30(28)35)16-23-22-15-21(36-4)7-8-24(22)33(29(23)20-5-6-20)14-13-32-11-9-31(3)10-12-32/h7-8,15-20,23,29,35H,5-6,9-14H2,1-4H3/b27-16-. The van der Waals surface area contributed by atoms with Gasteiger partial charge in [-0.25, -0.2) is 0 Å². The van der Waals surface area contributed by atoms with Crippen LogP contribution < -0.4 is 20.5 Å². The maximum absolute atomic E-state index is 12.4. The summed E-state index contributed by atoms with van der Waals surface area (Å²) in [6.07, 6.45) is 6.12. The summed E-state index contributed by atoms with van der Waals surface area (Å²) in [4.78, 5) is 20.0. The minimum atomic E-state index is -0.162. The van der Waals surface area contributed by atoms with Crippen LogP contribution in [0.25, 0.3) is 12.2 Å². The minimum absolute atomic E-state index is 0.0576. The number of methoxy groups -OCH3 is 1. The number of ether oxygens (including phenoxy) is 1. The van der Waals surface area contributed by atoms with Crippen LogP contribution >= 0.6 is 0 Å². The van der Waals surface area contributed by atoms with Crippen LogP contribution in [-0.4, -0.2) is 80.2 Å². The zero-order valence-corrected chi connectivity index (χ0v) is 22.4. The second-order valence-electron chi connectivity index (χ2n) is 11.5. The number of Topliss-reactive ketones (excluding diaryl/α,β-unsaturated/α-hetero) is 1. The summed E-state index contributed by atoms with van der Waals surface area (Å²) in [7, 11) is 3.91. The van der Waals surface area contributed by atoms with E-state index in [1.54, 1.807) is 13.2 Å². The van der Waals surface area contributed by atoms with Gasteiger partial charge in [-0.1, -0.05) is 13.8 Å². The van der Waals surface area contributed by atoms with E-state index in [0.717, 1.165) is 50.6 Å². The molecule has 3 heterocycles. The van der Waals surface area contributed by atoms with Gasteiger partial charge in [0.05, 0.1) is 7.11 Å². The smallest absolute Gasteiger partial charge is 0.166 e. The molecule has 0 amide bonds. The Morgan fingerprint density at radius 2 is 1.86 bits per heavy atom. The normalized spacial score (nSPS) is 28.8. The average molecular weight is 506 g/mol. The summed E-state index contributed by atoms with van der Waals surface area (Å²) in [5.41, 5.74) is 4.24. The number of piperazine rings is 1. The van der Waals surface area contributed by atoms with Crippen LogP contribution in [0.5, 0.6) is 11.5 Å². The first-order chi connectivity index (χ1) is 17.9. The largest absolute Gasteiger partial charge is 0.504 e. The monoisotopic (exact) mass is 505 g/mol. The van der Waals surface area contributed by atoms with Crippen molar-refractivity contribution >= 4 is 23.6 Å². The van der Waals surface area contributed by atoms with Crippen LogP contribution in [-0.2, 0) is 4.79 Å². The van der Waals surface area contributed by atoms with Crippen molar-refractivity contribution in [3.8, 4) is 11.5 Å². The number of benzene rings is 1. The van der Waals surface area contributed by atoms with Crippen molar-refractivity contribution < 1.29 is 19.1 Å². The lowest BCUT2D eigenvalue weighted by molar-refractivity contribution is -0.117. The van der Waals surface area contributed by atoms with E-state index >= 15 is 0 Å². The molecule has 4 unspecified atom stereocenters. The van der Waals surface area contributed by atoms with E-state index in [1.165, 1.54) is 24.1 Å². The first-order valence-corrected chi connectivity index (χ1v) is 13.8. The molecule has 2 aliphatic carbocycles. The number of rotatable bonds is 6. The van der Waals surface area contributed by atoms with Crippen LogP contribution in [0.4, 0.5) is 5.69 Å². The van der Waals surface area contributed by atoms with Gasteiger partial charge in [0.15, 0.2) is 16.9 Å². The van der Waals surface area contributed by atoms with E-state index < -0.39 is 0 Å². The number of carbonyl (C=O) groups excluding carboxylic acids is 1. The number of aromatic hydroxyl groups is 1. The molecule has 1 aromatic heterocycles. The molecule has 7 heteroatoms. The van der Waals surface area contributed by atoms with Gasteiger partial charge >= 0.3 is 0 Å². The van der Waals surface area contributed by atoms with E-state index in [2.05, 4.69) is 46.0 Å². The summed E-state index contributed by atoms with van der Waals surface area (Å²) in [6, 6.07) is 6.73. The Kier molecular flexibility index (Phi) is 6.32. The van der Waals surface area contributed by atoms with Crippen LogP contribution in [0.3, 0.4) is 0 Å². The summed E-state index contributed by atoms with van der Waals surface area (Å²) in [5.74, 6) is 1.54. The maximum Gasteiger partial charge on any atom is 0.166 e. The zero-order chi connectivity index (χ0) is 25.8. The SMILES string of the molecule is COc1ccc2c(c1)C(/C=c1\oc3c(c1O)C(C)C(C)C(=O)C=3)C(C1CC1)N2CCN1CCN(C)CC1. The Morgan fingerprint density at radius 3 is 2.57 bits per heavy atom. The molecule has 1 saturated heterocycles. The molecule has 198 valence electrons. The fraction of sp³-hybridized carbons (Fsp3) is 0.567. The highest BCUT2D eigenvalue weighted by Crippen LogP contribution is 2.51. The second kappa shape index (κ2) is 9.52. The number of hydrogen-bond acceptors (Lipinski definition) is 7. The van der Waals surface area contributed by atoms with Gasteiger partial charge in [-0.15, -0.1) is 0 Å². The zero-order valence-electron chi connectivity index (χ0n) is 22.4. The van der Waals surface area contributed by atoms with Crippen molar-refractivity contribution in [2.24, 2.45) is 11.8 Å². The first-order valence-electron chi connectivity index (χ1n) is 13.8. The number of carbonyl (C=O) groups is 1. The molecule has 6 rings (SSSR count). The Morgan fingerprint density at radius 1 is 1.11 bits per heavy atom. The van der Waals surface area contributed by atoms with Gasteiger partial charge in [-0.3, -0.25) is 9.69 Å². The lowest BCUT2D eigenvalue weighted by Gasteiger charge is -2.36. The molecule has 4 atom stereocenters. The highest BCUT2D eigenvalue weighted by molar-refractivity contribution is 6.08. The van der Waals surface area contributed by atoms with Gasteiger partial charge in [0, 0.05) is 74.5 Å². The summed E-state index contributed by atoms with van der Waals surface area (Å²) in [6.45, 7) is 10.4. The average Bonchev–Trinajstić information content (AvgIpc) is 3.63. The Balaban J connectivity index is 1.39. The molecule has 0 spiro atoms. The molecular weight excluding hydrogens is 466 g/mol. The third-order valence-electron chi connectivity index (χ3n) is 9.22. The maximum atomic E-state index is 12.4. The molecule has 1 N–H and O–H groups in total. The van der Waals surface area contributed by atoms with Crippen molar-refractivity contribution in [1.29, 1.82) is 0 Å². The van der Waals surface area contributed by atoms with E-state index in [0.29, 0.717) is 22.8 Å². The quantitative estimate of drug-likeness (QED) is 0.647. The number of furan rings is 1. The number of anilines is 1. The van der Waals surface area contributed by atoms with Crippen LogP contribution in [0.1, 0.15) is 49.7 Å². The third-order valence-corrected chi connectivity index (χ3v) is 9.22. The van der Waals surface area contributed by atoms with Crippen LogP contribution in [0, 0.1) is 11.8 Å². The van der Waals surface area contributed by atoms with E-state index in [1.807, 2.05) is 13.8 Å². The minimum Gasteiger partial charge on any atom is -0.504 e. The molecule has 37 heavy (non-hydrogen) atoms. The van der Waals surface area contributed by atoms with Crippen molar-refractivity contribution in [1.82, 2.24) is 9.80 Å². The number of likely N-dealkylation sites (N-methyl/N-ethyl adjacent to an activating group) is 1. The van der Waals surface area contributed by atoms with E-state index in [9.17, 15) is 9.90 Å². The van der Waals surface area contributed by atoms with Gasteiger partial charge in [-0.05, 0) is 61.6 Å². The molecule has 4 aliphatic rings. The summed E-state index contributed by atoms with van der Waals surface area (Å²) in [5, 5.41) is 11.3. The van der Waals surface area contributed by atoms with Gasteiger partial charge in [0.25, 0.3) is 0 Å². The van der Waals surface area contributed by atoms with E-state index in [-0.39, 0.29) is 29.3 Å². The third kappa shape index (κ3) is 4.36. The summed E-state index contributed by atoms with van der Waals surface area (Å²) >= 11 is 0. The fourth-order valence-electron chi connectivity index (χ4n) is 6.54. The predicted molar refractivity (Wildman–Crippen MR) is 145 cm³/mol. The van der Waals surface area contributed by atoms with Crippen LogP contribution in [0.2, 0.25) is 0 Å². The first kappa shape index (κ1) is 24.6. The van der Waals surface area contributed by atoms with E-state index in [4.69, 9.17) is 9.15 Å². The summed E-state index contributed by atoms with van der Waals surface area (Å²) < 4.78 is 11.8. The molecule has 2 fully saturated rings. The second-order valence-corrected chi connectivity index (χ2v) is 11.5. The Hall–Kier alpha value is -2.77. The van der Waals surface area contributed by atoms with Crippen LogP contribution in [0.15, 0.2) is 22.6 Å². The number of hydrogen-bond donors (Lipinski definition) is 1. The molecule has 1 saturated carbocycles. The molecule has 7 nitrogen and oxygen atoms in total. The van der Waals surface area contributed by atoms with Gasteiger partial charge < -0.3 is 24.1 Å². The highest BCUT2D eigenvalue weighted by Gasteiger charge is 2.46. The Labute approximate surface area is 219 Å². The Bertz CT molecular complexity index is 1300. The van der Waals surface area contributed by atoms with Crippen molar-refractivity contribution in [3.63, 3.8) is 0 Å². The van der Waals surface area contributed by atoms with Crippen molar-refractivity contribution in [2.45, 2.75) is 44.6 Å². The van der Waals surface area contributed by atoms with Crippen molar-refractivity contribution in [2.75, 3.05) is 58.3 Å². The number of nitrogens with zero attached hydrogens (tertiary/aromatic N) is 3. The lowest BCUT2D eigenvalue weighted by Crippen LogP contribution is -2.48. The molecule has 1 aromatic carbocycles. The molecule has 2 aliphatic heterocycles. The molecule has 0 bridgehead atoms. The topological polar surface area (TPSA) is 69.4 Å². The van der Waals surface area contributed by atoms with Crippen molar-refractivity contribution in [3.05, 3.63) is 40.2 Å². The predicted octanol–water partition coefficient (Wildman–Crippen LogP) is 2.51. The molecule has 0 radical (unpaired) electrons. The number of fused-ring (bicyclic) bond motifs is 2. The lowest BCUT2D eigenvalue weighted by atomic mass is 9.82. The molecular formula is C30H39N3O4. The highest BCUT2D eigenvalue weighted by atomic mass is 16.5. The van der Waals surface area contributed by atoms with Gasteiger partial charge in [0.2, 0.25) is 0 Å². The van der Waals surface area contributed by atoms with Gasteiger partial charge in [0.1, 0.15) is 11.2 Å².